The molecule has 0 spiro atoms. The Balaban J connectivity index is 2.67. The number of hydrogen-bond acceptors (Lipinski definition) is 4. The number of ether oxygens (including phenoxy) is 1. The lowest BCUT2D eigenvalue weighted by molar-refractivity contribution is -0.385. The molecule has 1 aromatic rings. The van der Waals surface area contributed by atoms with E-state index in [4.69, 9.17) is 4.74 Å². The summed E-state index contributed by atoms with van der Waals surface area (Å²) in [6, 6.07) is 4.30. The second kappa shape index (κ2) is 7.23. The first-order valence-corrected chi connectivity index (χ1v) is 6.82. The number of nitro groups is 1. The van der Waals surface area contributed by atoms with Crippen molar-refractivity contribution < 1.29 is 14.5 Å². The van der Waals surface area contributed by atoms with Gasteiger partial charge in [-0.3, -0.25) is 10.1 Å². The van der Waals surface area contributed by atoms with E-state index in [9.17, 15) is 14.9 Å². The summed E-state index contributed by atoms with van der Waals surface area (Å²) in [6.45, 7) is 4.52. The first-order chi connectivity index (χ1) is 8.93. The second-order valence-electron chi connectivity index (χ2n) is 4.57. The molecule has 6 heteroatoms. The van der Waals surface area contributed by atoms with Crippen LogP contribution < -0.4 is 0 Å². The Morgan fingerprint density at radius 1 is 1.47 bits per heavy atom. The van der Waals surface area contributed by atoms with Crippen LogP contribution >= 0.6 is 15.9 Å². The van der Waals surface area contributed by atoms with Crippen LogP contribution in [-0.4, -0.2) is 17.5 Å². The SMILES string of the molecule is CC(C)CCCOC(=O)c1cccc([N+](=O)[O-])c1Br. The average molecular weight is 330 g/mol. The summed E-state index contributed by atoms with van der Waals surface area (Å²) in [7, 11) is 0. The molecule has 0 aromatic heterocycles. The molecule has 5 nitrogen and oxygen atoms in total. The molecular formula is C13H16BrNO4. The molecule has 1 rings (SSSR count). The maximum absolute atomic E-state index is 11.8. The average Bonchev–Trinajstić information content (AvgIpc) is 2.34. The van der Waals surface area contributed by atoms with Crippen LogP contribution in [0.15, 0.2) is 22.7 Å². The van der Waals surface area contributed by atoms with Gasteiger partial charge in [0.15, 0.2) is 0 Å². The minimum absolute atomic E-state index is 0.142. The molecule has 104 valence electrons. The smallest absolute Gasteiger partial charge is 0.339 e. The molecule has 0 radical (unpaired) electrons. The molecule has 0 saturated heterocycles. The topological polar surface area (TPSA) is 69.4 Å². The second-order valence-corrected chi connectivity index (χ2v) is 5.36. The van der Waals surface area contributed by atoms with Gasteiger partial charge in [-0.15, -0.1) is 0 Å². The van der Waals surface area contributed by atoms with E-state index in [1.54, 1.807) is 0 Å². The Kier molecular flexibility index (Phi) is 5.95. The van der Waals surface area contributed by atoms with E-state index in [-0.39, 0.29) is 15.7 Å². The predicted molar refractivity (Wildman–Crippen MR) is 75.2 cm³/mol. The third-order valence-electron chi connectivity index (χ3n) is 2.55. The summed E-state index contributed by atoms with van der Waals surface area (Å²) in [5.74, 6) is 0.0163. The summed E-state index contributed by atoms with van der Waals surface area (Å²) in [5.41, 5.74) is 0.0374. The van der Waals surface area contributed by atoms with Crippen LogP contribution in [0, 0.1) is 16.0 Å². The van der Waals surface area contributed by atoms with Crippen molar-refractivity contribution in [3.8, 4) is 0 Å². The first kappa shape index (κ1) is 15.6. The van der Waals surface area contributed by atoms with Gasteiger partial charge in [-0.2, -0.15) is 0 Å². The lowest BCUT2D eigenvalue weighted by Gasteiger charge is -2.07. The van der Waals surface area contributed by atoms with Gasteiger partial charge in [0.2, 0.25) is 0 Å². The monoisotopic (exact) mass is 329 g/mol. The highest BCUT2D eigenvalue weighted by molar-refractivity contribution is 9.10. The van der Waals surface area contributed by atoms with Crippen LogP contribution in [-0.2, 0) is 4.74 Å². The van der Waals surface area contributed by atoms with Gasteiger partial charge in [0.05, 0.1) is 17.1 Å². The molecule has 0 aliphatic carbocycles. The van der Waals surface area contributed by atoms with Gasteiger partial charge in [-0.1, -0.05) is 19.9 Å². The van der Waals surface area contributed by atoms with Crippen LogP contribution in [0.1, 0.15) is 37.0 Å². The molecule has 0 fully saturated rings. The number of hydrogen-bond donors (Lipinski definition) is 0. The highest BCUT2D eigenvalue weighted by Gasteiger charge is 2.20. The first-order valence-electron chi connectivity index (χ1n) is 6.03. The zero-order valence-electron chi connectivity index (χ0n) is 10.9. The van der Waals surface area contributed by atoms with Crippen molar-refractivity contribution >= 4 is 27.6 Å². The summed E-state index contributed by atoms with van der Waals surface area (Å²) in [5, 5.41) is 10.8. The Hall–Kier alpha value is -1.43. The van der Waals surface area contributed by atoms with Crippen molar-refractivity contribution in [1.82, 2.24) is 0 Å². The van der Waals surface area contributed by atoms with Crippen molar-refractivity contribution in [3.63, 3.8) is 0 Å². The normalized spacial score (nSPS) is 10.5. The van der Waals surface area contributed by atoms with Crippen LogP contribution in [0.5, 0.6) is 0 Å². The molecule has 0 bridgehead atoms. The Morgan fingerprint density at radius 3 is 2.74 bits per heavy atom. The number of benzene rings is 1. The van der Waals surface area contributed by atoms with Crippen LogP contribution in [0.4, 0.5) is 5.69 Å². The molecule has 0 aliphatic heterocycles. The molecular weight excluding hydrogens is 314 g/mol. The molecule has 1 aromatic carbocycles. The van der Waals surface area contributed by atoms with Crippen molar-refractivity contribution in [2.24, 2.45) is 5.92 Å². The number of nitrogens with zero attached hydrogens (tertiary/aromatic N) is 1. The van der Waals surface area contributed by atoms with Crippen LogP contribution in [0.3, 0.4) is 0 Å². The fraction of sp³-hybridized carbons (Fsp3) is 0.462. The third kappa shape index (κ3) is 4.63. The Morgan fingerprint density at radius 2 is 2.16 bits per heavy atom. The summed E-state index contributed by atoms with van der Waals surface area (Å²) in [6.07, 6.45) is 1.76. The van der Waals surface area contributed by atoms with E-state index in [2.05, 4.69) is 29.8 Å². The number of esters is 1. The molecule has 0 amide bonds. The highest BCUT2D eigenvalue weighted by atomic mass is 79.9. The van der Waals surface area contributed by atoms with E-state index in [1.807, 2.05) is 0 Å². The van der Waals surface area contributed by atoms with Gasteiger partial charge < -0.3 is 4.74 Å². The lowest BCUT2D eigenvalue weighted by atomic mass is 10.1. The lowest BCUT2D eigenvalue weighted by Crippen LogP contribution is -2.08. The van der Waals surface area contributed by atoms with Gasteiger partial charge in [0, 0.05) is 6.07 Å². The number of carbonyl (C=O) groups is 1. The van der Waals surface area contributed by atoms with Crippen LogP contribution in [0.2, 0.25) is 0 Å². The summed E-state index contributed by atoms with van der Waals surface area (Å²) in [4.78, 5) is 22.0. The van der Waals surface area contributed by atoms with Crippen molar-refractivity contribution in [2.45, 2.75) is 26.7 Å². The molecule has 0 unspecified atom stereocenters. The molecule has 0 aliphatic rings. The molecule has 0 heterocycles. The van der Waals surface area contributed by atoms with Crippen LogP contribution in [0.25, 0.3) is 0 Å². The molecule has 0 saturated carbocycles. The van der Waals surface area contributed by atoms with E-state index in [0.717, 1.165) is 12.8 Å². The fourth-order valence-corrected chi connectivity index (χ4v) is 2.12. The van der Waals surface area contributed by atoms with Gasteiger partial charge in [-0.25, -0.2) is 4.79 Å². The number of halogens is 1. The van der Waals surface area contributed by atoms with Gasteiger partial charge in [0.1, 0.15) is 4.47 Å². The number of nitro benzene ring substituents is 1. The fourth-order valence-electron chi connectivity index (χ4n) is 1.55. The van der Waals surface area contributed by atoms with E-state index < -0.39 is 10.9 Å². The maximum Gasteiger partial charge on any atom is 0.339 e. The quantitative estimate of drug-likeness (QED) is 0.343. The maximum atomic E-state index is 11.8. The number of rotatable bonds is 6. The Bertz CT molecular complexity index is 474. The van der Waals surface area contributed by atoms with Gasteiger partial charge >= 0.3 is 5.97 Å². The van der Waals surface area contributed by atoms with E-state index in [0.29, 0.717) is 12.5 Å². The van der Waals surface area contributed by atoms with Gasteiger partial charge in [-0.05, 0) is 40.8 Å². The molecule has 19 heavy (non-hydrogen) atoms. The zero-order chi connectivity index (χ0) is 14.4. The number of carbonyl (C=O) groups excluding carboxylic acids is 1. The molecule has 0 atom stereocenters. The van der Waals surface area contributed by atoms with Crippen molar-refractivity contribution in [1.29, 1.82) is 0 Å². The standard InChI is InChI=1S/C13H16BrNO4/c1-9(2)5-4-8-19-13(16)10-6-3-7-11(12(10)14)15(17)18/h3,6-7,9H,4-5,8H2,1-2H3. The molecule has 0 N–H and O–H groups in total. The summed E-state index contributed by atoms with van der Waals surface area (Å²) >= 11 is 3.07. The van der Waals surface area contributed by atoms with E-state index >= 15 is 0 Å². The zero-order valence-corrected chi connectivity index (χ0v) is 12.5. The minimum atomic E-state index is -0.542. The van der Waals surface area contributed by atoms with Crippen molar-refractivity contribution in [2.75, 3.05) is 6.61 Å². The summed E-state index contributed by atoms with van der Waals surface area (Å²) < 4.78 is 5.26. The van der Waals surface area contributed by atoms with E-state index in [1.165, 1.54) is 18.2 Å². The predicted octanol–water partition coefficient (Wildman–Crippen LogP) is 3.95. The van der Waals surface area contributed by atoms with Gasteiger partial charge in [0.25, 0.3) is 5.69 Å². The van der Waals surface area contributed by atoms with Crippen molar-refractivity contribution in [3.05, 3.63) is 38.3 Å². The minimum Gasteiger partial charge on any atom is -0.462 e. The largest absolute Gasteiger partial charge is 0.462 e. The third-order valence-corrected chi connectivity index (χ3v) is 3.39. The Labute approximate surface area is 120 Å². The highest BCUT2D eigenvalue weighted by Crippen LogP contribution is 2.28.